The van der Waals surface area contributed by atoms with Crippen LogP contribution in [0, 0.1) is 0 Å². The van der Waals surface area contributed by atoms with Crippen molar-refractivity contribution in [3.05, 3.63) is 0 Å². The summed E-state index contributed by atoms with van der Waals surface area (Å²) in [4.78, 5) is 3.99. The second-order valence-corrected chi connectivity index (χ2v) is 3.15. The van der Waals surface area contributed by atoms with E-state index < -0.39 is 0 Å². The van der Waals surface area contributed by atoms with E-state index in [4.69, 9.17) is 10.2 Å². The van der Waals surface area contributed by atoms with Crippen molar-refractivity contribution in [2.45, 2.75) is 6.92 Å². The fourth-order valence-electron chi connectivity index (χ4n) is 0.529. The summed E-state index contributed by atoms with van der Waals surface area (Å²) in [5.74, 6) is 0. The lowest BCUT2D eigenvalue weighted by molar-refractivity contribution is 0.227. The maximum atomic E-state index is 8.33. The second-order valence-electron chi connectivity index (χ2n) is 3.15. The molecular formula is C9H24N2O2. The van der Waals surface area contributed by atoms with Crippen LogP contribution in [0.3, 0.4) is 0 Å². The number of aliphatic hydroxyl groups is 2. The number of nitrogens with zero attached hydrogens (tertiary/aromatic N) is 2. The third-order valence-corrected chi connectivity index (χ3v) is 1.57. The van der Waals surface area contributed by atoms with Crippen molar-refractivity contribution in [1.29, 1.82) is 0 Å². The number of hydrogen-bond acceptors (Lipinski definition) is 4. The van der Waals surface area contributed by atoms with E-state index in [9.17, 15) is 0 Å². The molecule has 0 saturated carbocycles. The van der Waals surface area contributed by atoms with E-state index in [0.29, 0.717) is 0 Å². The summed E-state index contributed by atoms with van der Waals surface area (Å²) in [5.41, 5.74) is 0. The van der Waals surface area contributed by atoms with Crippen molar-refractivity contribution in [2.75, 3.05) is 54.0 Å². The highest BCUT2D eigenvalue weighted by Crippen LogP contribution is 1.75. The third-order valence-electron chi connectivity index (χ3n) is 1.57. The third kappa shape index (κ3) is 18.7. The standard InChI is InChI=1S/C5H13NO.C4H11NO/c1-3-6(2)4-5-7;1-5(2)3-4-6/h7H,3-5H2,1-2H3;6H,3-4H2,1-2H3. The Kier molecular flexibility index (Phi) is 14.0. The maximum Gasteiger partial charge on any atom is 0.0558 e. The van der Waals surface area contributed by atoms with Crippen LogP contribution in [-0.4, -0.2) is 74.0 Å². The van der Waals surface area contributed by atoms with E-state index in [1.54, 1.807) is 0 Å². The molecular weight excluding hydrogens is 168 g/mol. The first-order valence-electron chi connectivity index (χ1n) is 4.63. The molecule has 0 bridgehead atoms. The van der Waals surface area contributed by atoms with Crippen molar-refractivity contribution >= 4 is 0 Å². The van der Waals surface area contributed by atoms with Crippen molar-refractivity contribution in [3.8, 4) is 0 Å². The summed E-state index contributed by atoms with van der Waals surface area (Å²) in [7, 11) is 5.84. The normalized spacial score (nSPS) is 10.2. The quantitative estimate of drug-likeness (QED) is 0.615. The van der Waals surface area contributed by atoms with E-state index in [-0.39, 0.29) is 13.2 Å². The molecule has 0 spiro atoms. The molecule has 0 aromatic carbocycles. The first-order valence-corrected chi connectivity index (χ1v) is 4.63. The van der Waals surface area contributed by atoms with E-state index in [2.05, 4.69) is 11.8 Å². The molecule has 4 heteroatoms. The lowest BCUT2D eigenvalue weighted by Gasteiger charge is -2.09. The molecule has 0 saturated heterocycles. The van der Waals surface area contributed by atoms with Gasteiger partial charge in [-0.1, -0.05) is 6.92 Å². The molecule has 0 fully saturated rings. The molecule has 4 nitrogen and oxygen atoms in total. The number of hydrogen-bond donors (Lipinski definition) is 2. The number of aliphatic hydroxyl groups excluding tert-OH is 2. The van der Waals surface area contributed by atoms with Crippen LogP contribution in [0.1, 0.15) is 6.92 Å². The highest BCUT2D eigenvalue weighted by molar-refractivity contribution is 4.41. The predicted octanol–water partition coefficient (Wildman–Crippen LogP) is -0.529. The number of likely N-dealkylation sites (N-methyl/N-ethyl adjacent to an activating group) is 2. The summed E-state index contributed by atoms with van der Waals surface area (Å²) < 4.78 is 0. The molecule has 82 valence electrons. The molecule has 0 unspecified atom stereocenters. The topological polar surface area (TPSA) is 46.9 Å². The van der Waals surface area contributed by atoms with E-state index in [0.717, 1.165) is 19.6 Å². The van der Waals surface area contributed by atoms with Crippen molar-refractivity contribution in [3.63, 3.8) is 0 Å². The summed E-state index contributed by atoms with van der Waals surface area (Å²) >= 11 is 0. The largest absolute Gasteiger partial charge is 0.395 e. The van der Waals surface area contributed by atoms with Gasteiger partial charge in [0.1, 0.15) is 0 Å². The lowest BCUT2D eigenvalue weighted by Crippen LogP contribution is -2.20. The molecule has 13 heavy (non-hydrogen) atoms. The molecule has 0 aromatic rings. The van der Waals surface area contributed by atoms with Crippen LogP contribution in [0.4, 0.5) is 0 Å². The summed E-state index contributed by atoms with van der Waals surface area (Å²) in [6, 6.07) is 0. The van der Waals surface area contributed by atoms with E-state index in [1.807, 2.05) is 26.0 Å². The van der Waals surface area contributed by atoms with Gasteiger partial charge in [0.15, 0.2) is 0 Å². The molecule has 0 aliphatic rings. The zero-order chi connectivity index (χ0) is 10.7. The average molecular weight is 192 g/mol. The molecule has 0 aliphatic heterocycles. The number of rotatable bonds is 5. The van der Waals surface area contributed by atoms with Gasteiger partial charge in [-0.05, 0) is 27.7 Å². The van der Waals surface area contributed by atoms with Crippen molar-refractivity contribution < 1.29 is 10.2 Å². The first kappa shape index (κ1) is 15.3. The van der Waals surface area contributed by atoms with Gasteiger partial charge < -0.3 is 20.0 Å². The highest BCUT2D eigenvalue weighted by Gasteiger charge is 1.87. The maximum absolute atomic E-state index is 8.33. The fraction of sp³-hybridized carbons (Fsp3) is 1.00. The molecule has 0 amide bonds. The molecule has 0 aromatic heterocycles. The molecule has 0 rings (SSSR count). The van der Waals surface area contributed by atoms with Crippen LogP contribution in [0.25, 0.3) is 0 Å². The van der Waals surface area contributed by atoms with Crippen molar-refractivity contribution in [2.24, 2.45) is 0 Å². The first-order chi connectivity index (χ1) is 6.08. The van der Waals surface area contributed by atoms with Crippen LogP contribution in [0.15, 0.2) is 0 Å². The molecule has 0 atom stereocenters. The Balaban J connectivity index is 0. The minimum atomic E-state index is 0.257. The average Bonchev–Trinajstić information content (AvgIpc) is 2.05. The lowest BCUT2D eigenvalue weighted by atomic mass is 10.6. The van der Waals surface area contributed by atoms with Crippen LogP contribution in [0.2, 0.25) is 0 Å². The highest BCUT2D eigenvalue weighted by atomic mass is 16.3. The summed E-state index contributed by atoms with van der Waals surface area (Å²) in [6.07, 6.45) is 0. The van der Waals surface area contributed by atoms with Gasteiger partial charge in [-0.2, -0.15) is 0 Å². The van der Waals surface area contributed by atoms with Crippen LogP contribution in [0.5, 0.6) is 0 Å². The fourth-order valence-corrected chi connectivity index (χ4v) is 0.529. The van der Waals surface area contributed by atoms with Crippen LogP contribution < -0.4 is 0 Å². The predicted molar refractivity (Wildman–Crippen MR) is 55.9 cm³/mol. The Morgan fingerprint density at radius 1 is 0.923 bits per heavy atom. The van der Waals surface area contributed by atoms with Gasteiger partial charge in [-0.3, -0.25) is 0 Å². The molecule has 0 heterocycles. The monoisotopic (exact) mass is 192 g/mol. The molecule has 0 aliphatic carbocycles. The summed E-state index contributed by atoms with van der Waals surface area (Å²) in [6.45, 7) is 5.16. The van der Waals surface area contributed by atoms with Crippen molar-refractivity contribution in [1.82, 2.24) is 9.80 Å². The van der Waals surface area contributed by atoms with Gasteiger partial charge >= 0.3 is 0 Å². The van der Waals surface area contributed by atoms with Gasteiger partial charge in [0.2, 0.25) is 0 Å². The molecule has 2 N–H and O–H groups in total. The van der Waals surface area contributed by atoms with Crippen LogP contribution in [-0.2, 0) is 0 Å². The Hall–Kier alpha value is -0.160. The second kappa shape index (κ2) is 11.8. The van der Waals surface area contributed by atoms with Gasteiger partial charge in [-0.25, -0.2) is 0 Å². The van der Waals surface area contributed by atoms with Gasteiger partial charge in [-0.15, -0.1) is 0 Å². The minimum absolute atomic E-state index is 0.257. The van der Waals surface area contributed by atoms with E-state index in [1.165, 1.54) is 0 Å². The van der Waals surface area contributed by atoms with E-state index >= 15 is 0 Å². The smallest absolute Gasteiger partial charge is 0.0558 e. The summed E-state index contributed by atoms with van der Waals surface area (Å²) in [5, 5.41) is 16.5. The SMILES string of the molecule is CCN(C)CCO.CN(C)CCO. The van der Waals surface area contributed by atoms with Gasteiger partial charge in [0.05, 0.1) is 13.2 Å². The van der Waals surface area contributed by atoms with Gasteiger partial charge in [0.25, 0.3) is 0 Å². The molecule has 0 radical (unpaired) electrons. The Morgan fingerprint density at radius 2 is 1.38 bits per heavy atom. The van der Waals surface area contributed by atoms with Crippen LogP contribution >= 0.6 is 0 Å². The van der Waals surface area contributed by atoms with Gasteiger partial charge in [0, 0.05) is 13.1 Å². The Morgan fingerprint density at radius 3 is 1.46 bits per heavy atom. The minimum Gasteiger partial charge on any atom is -0.395 e. The Bertz CT molecular complexity index is 89.7. The Labute approximate surface area is 81.8 Å². The zero-order valence-corrected chi connectivity index (χ0v) is 9.32. The zero-order valence-electron chi connectivity index (χ0n) is 9.32.